The Bertz CT molecular complexity index is 720. The lowest BCUT2D eigenvalue weighted by molar-refractivity contribution is 0.417. The van der Waals surface area contributed by atoms with Gasteiger partial charge in [0.15, 0.2) is 5.11 Å². The van der Waals surface area contributed by atoms with Gasteiger partial charge in [-0.05, 0) is 61.5 Å². The van der Waals surface area contributed by atoms with E-state index in [1.165, 1.54) is 0 Å². The largest absolute Gasteiger partial charge is 0.495 e. The van der Waals surface area contributed by atoms with Gasteiger partial charge in [0.25, 0.3) is 0 Å². The fourth-order valence-corrected chi connectivity index (χ4v) is 2.57. The summed E-state index contributed by atoms with van der Waals surface area (Å²) in [6.45, 7) is 3.89. The molecule has 116 valence electrons. The Morgan fingerprint density at radius 1 is 1.00 bits per heavy atom. The molecule has 2 rings (SSSR count). The molecule has 2 aromatic rings. The Labute approximate surface area is 145 Å². The van der Waals surface area contributed by atoms with Crippen molar-refractivity contribution in [2.45, 2.75) is 13.8 Å². The number of ether oxygens (including phenoxy) is 1. The van der Waals surface area contributed by atoms with Gasteiger partial charge in [0.05, 0.1) is 12.8 Å². The Morgan fingerprint density at radius 2 is 1.68 bits per heavy atom. The number of thiocarbonyl (C=S) groups is 1. The van der Waals surface area contributed by atoms with Crippen LogP contribution in [0.2, 0.25) is 10.0 Å². The third kappa shape index (κ3) is 4.03. The summed E-state index contributed by atoms with van der Waals surface area (Å²) in [5, 5.41) is 8.07. The third-order valence-electron chi connectivity index (χ3n) is 3.17. The highest BCUT2D eigenvalue weighted by atomic mass is 35.5. The van der Waals surface area contributed by atoms with Crippen molar-refractivity contribution >= 4 is 51.9 Å². The van der Waals surface area contributed by atoms with Gasteiger partial charge in [0.2, 0.25) is 0 Å². The number of anilines is 2. The molecule has 0 atom stereocenters. The average molecular weight is 355 g/mol. The summed E-state index contributed by atoms with van der Waals surface area (Å²) in [6, 6.07) is 9.22. The van der Waals surface area contributed by atoms with Gasteiger partial charge < -0.3 is 15.4 Å². The minimum Gasteiger partial charge on any atom is -0.495 e. The fraction of sp³-hybridized carbons (Fsp3) is 0.188. The second-order valence-electron chi connectivity index (χ2n) is 4.84. The molecule has 0 aromatic heterocycles. The van der Waals surface area contributed by atoms with E-state index in [0.29, 0.717) is 20.9 Å². The fourth-order valence-electron chi connectivity index (χ4n) is 1.97. The Kier molecular flexibility index (Phi) is 5.51. The molecule has 0 fully saturated rings. The van der Waals surface area contributed by atoms with Crippen LogP contribution in [-0.2, 0) is 0 Å². The first-order valence-corrected chi connectivity index (χ1v) is 7.75. The lowest BCUT2D eigenvalue weighted by Crippen LogP contribution is -2.20. The lowest BCUT2D eigenvalue weighted by atomic mass is 10.2. The zero-order valence-corrected chi connectivity index (χ0v) is 14.8. The molecule has 0 spiro atoms. The van der Waals surface area contributed by atoms with E-state index in [1.54, 1.807) is 13.2 Å². The van der Waals surface area contributed by atoms with Gasteiger partial charge in [-0.1, -0.05) is 23.2 Å². The van der Waals surface area contributed by atoms with Crippen molar-refractivity contribution in [3.63, 3.8) is 0 Å². The number of aryl methyl sites for hydroxylation is 2. The standard InChI is InChI=1S/C16H16Cl2N2OS/c1-9-7-14(15(21-3)8-12(9)18)20-16(22)19-13-5-4-11(17)6-10(13)2/h4-8H,1-3H3,(H2,19,20,22). The van der Waals surface area contributed by atoms with Crippen LogP contribution in [0.5, 0.6) is 5.75 Å². The summed E-state index contributed by atoms with van der Waals surface area (Å²) in [4.78, 5) is 0. The predicted molar refractivity (Wildman–Crippen MR) is 98.8 cm³/mol. The van der Waals surface area contributed by atoms with Gasteiger partial charge in [-0.2, -0.15) is 0 Å². The van der Waals surface area contributed by atoms with Crippen molar-refractivity contribution in [1.29, 1.82) is 0 Å². The number of hydrogen-bond donors (Lipinski definition) is 2. The van der Waals surface area contributed by atoms with Crippen LogP contribution in [0.25, 0.3) is 0 Å². The summed E-state index contributed by atoms with van der Waals surface area (Å²) in [7, 11) is 1.59. The summed E-state index contributed by atoms with van der Waals surface area (Å²) in [6.07, 6.45) is 0. The third-order valence-corrected chi connectivity index (χ3v) is 4.01. The van der Waals surface area contributed by atoms with Gasteiger partial charge in [-0.15, -0.1) is 0 Å². The van der Waals surface area contributed by atoms with Crippen molar-refractivity contribution in [3.05, 3.63) is 51.5 Å². The van der Waals surface area contributed by atoms with Crippen LogP contribution in [0.3, 0.4) is 0 Å². The van der Waals surface area contributed by atoms with Crippen molar-refractivity contribution in [3.8, 4) is 5.75 Å². The van der Waals surface area contributed by atoms with E-state index < -0.39 is 0 Å². The van der Waals surface area contributed by atoms with E-state index >= 15 is 0 Å². The van der Waals surface area contributed by atoms with Crippen LogP contribution < -0.4 is 15.4 Å². The zero-order chi connectivity index (χ0) is 16.3. The smallest absolute Gasteiger partial charge is 0.175 e. The average Bonchev–Trinajstić information content (AvgIpc) is 2.45. The Hall–Kier alpha value is -1.49. The molecule has 0 bridgehead atoms. The molecule has 3 nitrogen and oxygen atoms in total. The van der Waals surface area contributed by atoms with Crippen molar-refractivity contribution in [2.24, 2.45) is 0 Å². The van der Waals surface area contributed by atoms with E-state index in [1.807, 2.05) is 38.1 Å². The van der Waals surface area contributed by atoms with Crippen molar-refractivity contribution in [1.82, 2.24) is 0 Å². The second kappa shape index (κ2) is 7.18. The number of rotatable bonds is 3. The molecule has 0 aliphatic rings. The van der Waals surface area contributed by atoms with Crippen LogP contribution in [0.4, 0.5) is 11.4 Å². The molecule has 2 aromatic carbocycles. The highest BCUT2D eigenvalue weighted by molar-refractivity contribution is 7.80. The summed E-state index contributed by atoms with van der Waals surface area (Å²) < 4.78 is 5.32. The van der Waals surface area contributed by atoms with E-state index in [-0.39, 0.29) is 0 Å². The maximum Gasteiger partial charge on any atom is 0.175 e. The van der Waals surface area contributed by atoms with Gasteiger partial charge in [0, 0.05) is 21.8 Å². The van der Waals surface area contributed by atoms with Crippen LogP contribution in [0.1, 0.15) is 11.1 Å². The molecular formula is C16H16Cl2N2OS. The van der Waals surface area contributed by atoms with E-state index in [9.17, 15) is 0 Å². The minimum atomic E-state index is 0.463. The number of nitrogens with one attached hydrogen (secondary N) is 2. The normalized spacial score (nSPS) is 10.2. The summed E-state index contributed by atoms with van der Waals surface area (Å²) in [5.74, 6) is 0.632. The van der Waals surface area contributed by atoms with Crippen LogP contribution in [0, 0.1) is 13.8 Å². The number of methoxy groups -OCH3 is 1. The predicted octanol–water partition coefficient (Wildman–Crippen LogP) is 5.43. The maximum absolute atomic E-state index is 6.10. The molecule has 0 aliphatic heterocycles. The maximum atomic E-state index is 6.10. The van der Waals surface area contributed by atoms with Gasteiger partial charge in [0.1, 0.15) is 5.75 Å². The monoisotopic (exact) mass is 354 g/mol. The number of benzene rings is 2. The SMILES string of the molecule is COc1cc(Cl)c(C)cc1NC(=S)Nc1ccc(Cl)cc1C. The molecular weight excluding hydrogens is 339 g/mol. The molecule has 0 amide bonds. The summed E-state index contributed by atoms with van der Waals surface area (Å²) in [5.41, 5.74) is 3.60. The molecule has 2 N–H and O–H groups in total. The first-order chi connectivity index (χ1) is 10.4. The van der Waals surface area contributed by atoms with E-state index in [2.05, 4.69) is 10.6 Å². The molecule has 6 heteroatoms. The van der Waals surface area contributed by atoms with Gasteiger partial charge >= 0.3 is 0 Å². The van der Waals surface area contributed by atoms with Crippen LogP contribution in [0.15, 0.2) is 30.3 Å². The van der Waals surface area contributed by atoms with Gasteiger partial charge in [-0.25, -0.2) is 0 Å². The lowest BCUT2D eigenvalue weighted by Gasteiger charge is -2.16. The van der Waals surface area contributed by atoms with E-state index in [4.69, 9.17) is 40.2 Å². The second-order valence-corrected chi connectivity index (χ2v) is 6.09. The van der Waals surface area contributed by atoms with Gasteiger partial charge in [-0.3, -0.25) is 0 Å². The molecule has 0 saturated carbocycles. The quantitative estimate of drug-likeness (QED) is 0.720. The van der Waals surface area contributed by atoms with Crippen molar-refractivity contribution in [2.75, 3.05) is 17.7 Å². The first-order valence-electron chi connectivity index (χ1n) is 6.59. The first kappa shape index (κ1) is 16.9. The summed E-state index contributed by atoms with van der Waals surface area (Å²) >= 11 is 17.4. The number of hydrogen-bond acceptors (Lipinski definition) is 2. The van der Waals surface area contributed by atoms with Crippen LogP contribution >= 0.6 is 35.4 Å². The zero-order valence-electron chi connectivity index (χ0n) is 12.5. The van der Waals surface area contributed by atoms with E-state index in [0.717, 1.165) is 22.5 Å². The molecule has 0 saturated heterocycles. The van der Waals surface area contributed by atoms with Crippen LogP contribution in [-0.4, -0.2) is 12.2 Å². The van der Waals surface area contributed by atoms with Crippen molar-refractivity contribution < 1.29 is 4.74 Å². The molecule has 0 heterocycles. The highest BCUT2D eigenvalue weighted by Gasteiger charge is 2.09. The Balaban J connectivity index is 2.17. The molecule has 0 radical (unpaired) electrons. The Morgan fingerprint density at radius 3 is 2.32 bits per heavy atom. The number of halogens is 2. The minimum absolute atomic E-state index is 0.463. The molecule has 22 heavy (non-hydrogen) atoms. The highest BCUT2D eigenvalue weighted by Crippen LogP contribution is 2.31. The topological polar surface area (TPSA) is 33.3 Å². The molecule has 0 aliphatic carbocycles. The molecule has 0 unspecified atom stereocenters.